The fraction of sp³-hybridized carbons (Fsp3) is 0.188. The molecule has 0 spiro atoms. The van der Waals surface area contributed by atoms with E-state index in [9.17, 15) is 0 Å². The van der Waals surface area contributed by atoms with E-state index in [1.54, 1.807) is 35.4 Å². The normalized spacial score (nSPS) is 14.4. The largest absolute Gasteiger partial charge is 0.340 e. The highest BCUT2D eigenvalue weighted by atomic mass is 35.5. The first-order valence-corrected chi connectivity index (χ1v) is 8.33. The number of halogens is 2. The van der Waals surface area contributed by atoms with E-state index in [1.807, 2.05) is 13.0 Å². The molecular weight excluding hydrogens is 361 g/mol. The van der Waals surface area contributed by atoms with E-state index < -0.39 is 0 Å². The maximum atomic E-state index is 6.45. The van der Waals surface area contributed by atoms with E-state index in [1.165, 1.54) is 6.33 Å². The van der Waals surface area contributed by atoms with Crippen LogP contribution < -0.4 is 4.90 Å². The van der Waals surface area contributed by atoms with Crippen LogP contribution in [0.25, 0.3) is 5.95 Å². The summed E-state index contributed by atoms with van der Waals surface area (Å²) in [6, 6.07) is 5.17. The first kappa shape index (κ1) is 16.0. The highest BCUT2D eigenvalue weighted by molar-refractivity contribution is 6.37. The Balaban J connectivity index is 1.76. The predicted octanol–water partition coefficient (Wildman–Crippen LogP) is 3.32. The first-order chi connectivity index (χ1) is 12.1. The lowest BCUT2D eigenvalue weighted by atomic mass is 10.1. The standard InChI is InChI=1S/C16H13Cl2N7/c1-10(15-22-8-23-25(15)16-20-3-2-4-21-16)24-9-19-7-11-5-12(17)6-13(18)14(11)24/h2-8,10H,9H2,1H3. The van der Waals surface area contributed by atoms with E-state index >= 15 is 0 Å². The maximum Gasteiger partial charge on any atom is 0.252 e. The van der Waals surface area contributed by atoms with Crippen LogP contribution in [0.1, 0.15) is 24.4 Å². The summed E-state index contributed by atoms with van der Waals surface area (Å²) < 4.78 is 1.62. The fourth-order valence-corrected chi connectivity index (χ4v) is 3.45. The molecule has 0 saturated carbocycles. The van der Waals surface area contributed by atoms with Crippen molar-refractivity contribution in [2.75, 3.05) is 11.6 Å². The van der Waals surface area contributed by atoms with Gasteiger partial charge in [-0.05, 0) is 25.1 Å². The third-order valence-electron chi connectivity index (χ3n) is 3.97. The molecule has 7 nitrogen and oxygen atoms in total. The van der Waals surface area contributed by atoms with Crippen LogP contribution in [0.4, 0.5) is 5.69 Å². The Morgan fingerprint density at radius 2 is 1.92 bits per heavy atom. The average molecular weight is 374 g/mol. The van der Waals surface area contributed by atoms with Crippen LogP contribution in [-0.4, -0.2) is 37.6 Å². The Labute approximate surface area is 154 Å². The topological polar surface area (TPSA) is 72.1 Å². The van der Waals surface area contributed by atoms with Crippen molar-refractivity contribution in [2.45, 2.75) is 13.0 Å². The van der Waals surface area contributed by atoms with Gasteiger partial charge in [0, 0.05) is 29.2 Å². The number of hydrogen-bond acceptors (Lipinski definition) is 6. The molecule has 0 amide bonds. The zero-order valence-electron chi connectivity index (χ0n) is 13.2. The molecule has 4 rings (SSSR count). The minimum atomic E-state index is -0.152. The second kappa shape index (κ2) is 6.42. The van der Waals surface area contributed by atoms with Crippen molar-refractivity contribution in [3.63, 3.8) is 0 Å². The zero-order chi connectivity index (χ0) is 17.4. The zero-order valence-corrected chi connectivity index (χ0v) is 14.7. The Bertz CT molecular complexity index is 939. The number of anilines is 1. The SMILES string of the molecule is CC(c1ncnn1-c1ncccn1)N1CN=Cc2cc(Cl)cc(Cl)c21. The van der Waals surface area contributed by atoms with E-state index in [0.717, 1.165) is 11.3 Å². The summed E-state index contributed by atoms with van der Waals surface area (Å²) in [7, 11) is 0. The van der Waals surface area contributed by atoms with Gasteiger partial charge < -0.3 is 4.90 Å². The number of hydrogen-bond donors (Lipinski definition) is 0. The third kappa shape index (κ3) is 2.85. The Morgan fingerprint density at radius 3 is 2.72 bits per heavy atom. The van der Waals surface area contributed by atoms with Crippen LogP contribution in [0, 0.1) is 0 Å². The van der Waals surface area contributed by atoms with Gasteiger partial charge >= 0.3 is 0 Å². The lowest BCUT2D eigenvalue weighted by Gasteiger charge is -2.33. The summed E-state index contributed by atoms with van der Waals surface area (Å²) in [6.45, 7) is 2.47. The average Bonchev–Trinajstić information content (AvgIpc) is 3.10. The highest BCUT2D eigenvalue weighted by Crippen LogP contribution is 2.38. The van der Waals surface area contributed by atoms with Gasteiger partial charge in [0.2, 0.25) is 0 Å². The molecule has 3 aromatic rings. The molecule has 0 saturated heterocycles. The number of aliphatic imine (C=N–C) groups is 1. The molecule has 9 heteroatoms. The minimum Gasteiger partial charge on any atom is -0.340 e. The van der Waals surface area contributed by atoms with Crippen molar-refractivity contribution in [3.8, 4) is 5.95 Å². The fourth-order valence-electron chi connectivity index (χ4n) is 2.83. The van der Waals surface area contributed by atoms with E-state index in [4.69, 9.17) is 23.2 Å². The van der Waals surface area contributed by atoms with Crippen molar-refractivity contribution in [2.24, 2.45) is 4.99 Å². The van der Waals surface area contributed by atoms with E-state index in [2.05, 4.69) is 29.9 Å². The summed E-state index contributed by atoms with van der Waals surface area (Å²) >= 11 is 12.6. The first-order valence-electron chi connectivity index (χ1n) is 7.58. The Kier molecular flexibility index (Phi) is 4.10. The predicted molar refractivity (Wildman–Crippen MR) is 96.8 cm³/mol. The second-order valence-electron chi connectivity index (χ2n) is 5.50. The van der Waals surface area contributed by atoms with Crippen molar-refractivity contribution in [1.29, 1.82) is 0 Å². The molecule has 1 aliphatic rings. The number of rotatable bonds is 3. The van der Waals surface area contributed by atoms with Crippen LogP contribution in [0.2, 0.25) is 10.0 Å². The molecule has 1 aromatic carbocycles. The summed E-state index contributed by atoms with van der Waals surface area (Å²) in [5, 5.41) is 5.40. The smallest absolute Gasteiger partial charge is 0.252 e. The number of nitrogens with zero attached hydrogens (tertiary/aromatic N) is 7. The molecule has 1 aliphatic heterocycles. The number of fused-ring (bicyclic) bond motifs is 1. The van der Waals surface area contributed by atoms with Crippen molar-refractivity contribution in [3.05, 3.63) is 58.4 Å². The van der Waals surface area contributed by atoms with Gasteiger partial charge in [-0.1, -0.05) is 23.2 Å². The van der Waals surface area contributed by atoms with Crippen molar-refractivity contribution >= 4 is 35.1 Å². The van der Waals surface area contributed by atoms with Crippen LogP contribution in [0.5, 0.6) is 0 Å². The van der Waals surface area contributed by atoms with Gasteiger partial charge in [0.05, 0.1) is 16.8 Å². The van der Waals surface area contributed by atoms with Gasteiger partial charge in [-0.3, -0.25) is 4.99 Å². The molecule has 3 heterocycles. The van der Waals surface area contributed by atoms with Gasteiger partial charge in [0.25, 0.3) is 5.95 Å². The van der Waals surface area contributed by atoms with Crippen molar-refractivity contribution < 1.29 is 0 Å². The molecule has 126 valence electrons. The van der Waals surface area contributed by atoms with Crippen LogP contribution in [0.3, 0.4) is 0 Å². The van der Waals surface area contributed by atoms with Crippen LogP contribution in [-0.2, 0) is 0 Å². The molecule has 0 radical (unpaired) electrons. The lowest BCUT2D eigenvalue weighted by Crippen LogP contribution is -2.32. The highest BCUT2D eigenvalue weighted by Gasteiger charge is 2.27. The molecular formula is C16H13Cl2N7. The number of benzene rings is 1. The van der Waals surface area contributed by atoms with Crippen molar-refractivity contribution in [1.82, 2.24) is 24.7 Å². The van der Waals surface area contributed by atoms with Gasteiger partial charge in [-0.15, -0.1) is 0 Å². The van der Waals surface area contributed by atoms with Crippen LogP contribution in [0.15, 0.2) is 41.9 Å². The van der Waals surface area contributed by atoms with Gasteiger partial charge in [0.1, 0.15) is 13.0 Å². The maximum absolute atomic E-state index is 6.45. The molecule has 0 N–H and O–H groups in total. The van der Waals surface area contributed by atoms with E-state index in [-0.39, 0.29) is 6.04 Å². The van der Waals surface area contributed by atoms with E-state index in [0.29, 0.717) is 28.5 Å². The second-order valence-corrected chi connectivity index (χ2v) is 6.35. The Morgan fingerprint density at radius 1 is 1.12 bits per heavy atom. The molecule has 2 aromatic heterocycles. The van der Waals surface area contributed by atoms with Crippen LogP contribution >= 0.6 is 23.2 Å². The van der Waals surface area contributed by atoms with Gasteiger partial charge in [-0.2, -0.15) is 9.78 Å². The summed E-state index contributed by atoms with van der Waals surface area (Å²) in [6.07, 6.45) is 6.59. The minimum absolute atomic E-state index is 0.152. The van der Waals surface area contributed by atoms with Gasteiger partial charge in [0.15, 0.2) is 5.82 Å². The Hall–Kier alpha value is -2.51. The summed E-state index contributed by atoms with van der Waals surface area (Å²) in [4.78, 5) is 19.3. The lowest BCUT2D eigenvalue weighted by molar-refractivity contribution is 0.605. The van der Waals surface area contributed by atoms with Gasteiger partial charge in [-0.25, -0.2) is 15.0 Å². The number of aromatic nitrogens is 5. The summed E-state index contributed by atoms with van der Waals surface area (Å²) in [5.41, 5.74) is 1.75. The molecule has 0 aliphatic carbocycles. The molecule has 0 bridgehead atoms. The molecule has 0 fully saturated rings. The monoisotopic (exact) mass is 373 g/mol. The molecule has 1 atom stereocenters. The third-order valence-corrected chi connectivity index (χ3v) is 4.47. The summed E-state index contributed by atoms with van der Waals surface area (Å²) in [5.74, 6) is 1.16. The molecule has 25 heavy (non-hydrogen) atoms. The quantitative estimate of drug-likeness (QED) is 0.703. The molecule has 1 unspecified atom stereocenters.